The molecule has 0 saturated heterocycles. The first kappa shape index (κ1) is 13.0. The molecule has 2 heteroatoms. The van der Waals surface area contributed by atoms with E-state index in [1.165, 1.54) is 5.56 Å². The maximum Gasteiger partial charge on any atom is 0.122 e. The lowest BCUT2D eigenvalue weighted by molar-refractivity contribution is 0.0802. The minimum absolute atomic E-state index is 0.491. The quantitative estimate of drug-likeness (QED) is 0.848. The van der Waals surface area contributed by atoms with Gasteiger partial charge in [-0.05, 0) is 37.0 Å². The molecular formula is C14H22O2. The molecule has 1 N–H and O–H groups in total. The van der Waals surface area contributed by atoms with Crippen LogP contribution in [0.2, 0.25) is 0 Å². The van der Waals surface area contributed by atoms with Crippen LogP contribution in [0.1, 0.15) is 44.7 Å². The maximum absolute atomic E-state index is 9.81. The van der Waals surface area contributed by atoms with Crippen molar-refractivity contribution in [2.24, 2.45) is 0 Å². The maximum atomic E-state index is 9.81. The van der Waals surface area contributed by atoms with Gasteiger partial charge in [0.25, 0.3) is 0 Å². The Morgan fingerprint density at radius 2 is 1.94 bits per heavy atom. The molecule has 0 unspecified atom stereocenters. The van der Waals surface area contributed by atoms with E-state index in [9.17, 15) is 5.11 Å². The predicted octanol–water partition coefficient (Wildman–Crippen LogP) is 3.13. The van der Waals surface area contributed by atoms with Crippen molar-refractivity contribution >= 4 is 0 Å². The average Bonchev–Trinajstić information content (AvgIpc) is 2.15. The van der Waals surface area contributed by atoms with E-state index in [4.69, 9.17) is 4.74 Å². The molecule has 90 valence electrons. The highest BCUT2D eigenvalue weighted by atomic mass is 16.5. The second-order valence-corrected chi connectivity index (χ2v) is 5.22. The van der Waals surface area contributed by atoms with E-state index in [-0.39, 0.29) is 0 Å². The summed E-state index contributed by atoms with van der Waals surface area (Å²) in [4.78, 5) is 0. The van der Waals surface area contributed by atoms with Gasteiger partial charge in [0, 0.05) is 6.42 Å². The van der Waals surface area contributed by atoms with Crippen molar-refractivity contribution in [1.29, 1.82) is 0 Å². The van der Waals surface area contributed by atoms with Gasteiger partial charge in [-0.15, -0.1) is 0 Å². The van der Waals surface area contributed by atoms with Crippen molar-refractivity contribution in [1.82, 2.24) is 0 Å². The van der Waals surface area contributed by atoms with E-state index in [0.717, 1.165) is 11.3 Å². The van der Waals surface area contributed by atoms with Gasteiger partial charge in [-0.3, -0.25) is 0 Å². The molecule has 2 nitrogen and oxygen atoms in total. The van der Waals surface area contributed by atoms with Gasteiger partial charge < -0.3 is 9.84 Å². The number of hydrogen-bond acceptors (Lipinski definition) is 2. The number of aliphatic hydroxyl groups is 1. The van der Waals surface area contributed by atoms with Crippen LogP contribution < -0.4 is 4.74 Å². The molecule has 1 rings (SSSR count). The van der Waals surface area contributed by atoms with Crippen LogP contribution in [0.4, 0.5) is 0 Å². The zero-order chi connectivity index (χ0) is 12.3. The predicted molar refractivity (Wildman–Crippen MR) is 67.1 cm³/mol. The number of rotatable bonds is 4. The zero-order valence-corrected chi connectivity index (χ0v) is 10.9. The summed E-state index contributed by atoms with van der Waals surface area (Å²) in [5.74, 6) is 1.36. The molecule has 0 aliphatic rings. The number of hydrogen-bond donors (Lipinski definition) is 1. The summed E-state index contributed by atoms with van der Waals surface area (Å²) < 4.78 is 5.37. The van der Waals surface area contributed by atoms with Gasteiger partial charge in [0.1, 0.15) is 5.75 Å². The lowest BCUT2D eigenvalue weighted by Crippen LogP contribution is -2.22. The van der Waals surface area contributed by atoms with E-state index in [1.807, 2.05) is 19.9 Å². The summed E-state index contributed by atoms with van der Waals surface area (Å²) in [6, 6.07) is 6.21. The number of methoxy groups -OCH3 is 1. The third-order valence-corrected chi connectivity index (χ3v) is 2.60. The molecule has 0 aliphatic carbocycles. The van der Waals surface area contributed by atoms with Crippen molar-refractivity contribution in [2.75, 3.05) is 7.11 Å². The Morgan fingerprint density at radius 3 is 2.38 bits per heavy atom. The van der Waals surface area contributed by atoms with Gasteiger partial charge in [-0.25, -0.2) is 0 Å². The lowest BCUT2D eigenvalue weighted by atomic mass is 9.94. The Kier molecular flexibility index (Phi) is 3.98. The molecule has 0 radical (unpaired) electrons. The van der Waals surface area contributed by atoms with Gasteiger partial charge in [0.05, 0.1) is 12.7 Å². The van der Waals surface area contributed by atoms with Crippen molar-refractivity contribution < 1.29 is 9.84 Å². The Morgan fingerprint density at radius 1 is 1.31 bits per heavy atom. The number of ether oxygens (including phenoxy) is 1. The third-order valence-electron chi connectivity index (χ3n) is 2.60. The molecular weight excluding hydrogens is 200 g/mol. The van der Waals surface area contributed by atoms with Gasteiger partial charge in [-0.2, -0.15) is 0 Å². The summed E-state index contributed by atoms with van der Waals surface area (Å²) in [6.45, 7) is 7.93. The summed E-state index contributed by atoms with van der Waals surface area (Å²) in [5.41, 5.74) is 1.61. The van der Waals surface area contributed by atoms with Gasteiger partial charge in [-0.1, -0.05) is 26.0 Å². The van der Waals surface area contributed by atoms with Crippen LogP contribution in [0.3, 0.4) is 0 Å². The van der Waals surface area contributed by atoms with Gasteiger partial charge in [0.2, 0.25) is 0 Å². The first-order chi connectivity index (χ1) is 7.33. The Labute approximate surface area is 98.3 Å². The molecule has 1 aromatic carbocycles. The second-order valence-electron chi connectivity index (χ2n) is 5.22. The van der Waals surface area contributed by atoms with E-state index < -0.39 is 5.60 Å². The zero-order valence-electron chi connectivity index (χ0n) is 10.9. The highest BCUT2D eigenvalue weighted by Gasteiger charge is 2.17. The first-order valence-electron chi connectivity index (χ1n) is 5.72. The fraction of sp³-hybridized carbons (Fsp3) is 0.571. The monoisotopic (exact) mass is 222 g/mol. The molecule has 0 amide bonds. The standard InChI is InChI=1S/C14H22O2/c1-10(2)11-6-7-12(9-14(3,4)15)13(8-11)16-5/h6-8,10,15H,9H2,1-5H3. The smallest absolute Gasteiger partial charge is 0.122 e. The molecule has 0 heterocycles. The molecule has 0 fully saturated rings. The minimum atomic E-state index is -0.702. The Bertz CT molecular complexity index is 348. The third kappa shape index (κ3) is 3.53. The molecule has 0 atom stereocenters. The van der Waals surface area contributed by atoms with Crippen molar-refractivity contribution in [3.8, 4) is 5.75 Å². The fourth-order valence-electron chi connectivity index (χ4n) is 1.73. The van der Waals surface area contributed by atoms with Crippen molar-refractivity contribution in [2.45, 2.75) is 45.6 Å². The van der Waals surface area contributed by atoms with Crippen molar-refractivity contribution in [3.63, 3.8) is 0 Å². The van der Waals surface area contributed by atoms with E-state index in [2.05, 4.69) is 26.0 Å². The molecule has 16 heavy (non-hydrogen) atoms. The second kappa shape index (κ2) is 4.88. The Balaban J connectivity index is 3.02. The van der Waals surface area contributed by atoms with Gasteiger partial charge in [0.15, 0.2) is 0 Å². The summed E-state index contributed by atoms with van der Waals surface area (Å²) in [5, 5.41) is 9.81. The van der Waals surface area contributed by atoms with Crippen LogP contribution in [0, 0.1) is 0 Å². The molecule has 0 spiro atoms. The summed E-state index contributed by atoms with van der Waals surface area (Å²) in [7, 11) is 1.67. The summed E-state index contributed by atoms with van der Waals surface area (Å²) >= 11 is 0. The molecule has 1 aromatic rings. The topological polar surface area (TPSA) is 29.5 Å². The molecule has 0 aliphatic heterocycles. The highest BCUT2D eigenvalue weighted by molar-refractivity contribution is 5.39. The van der Waals surface area contributed by atoms with E-state index in [0.29, 0.717) is 12.3 Å². The largest absolute Gasteiger partial charge is 0.496 e. The summed E-state index contributed by atoms with van der Waals surface area (Å²) in [6.07, 6.45) is 0.606. The van der Waals surface area contributed by atoms with Crippen LogP contribution >= 0.6 is 0 Å². The van der Waals surface area contributed by atoms with Crippen LogP contribution in [-0.4, -0.2) is 17.8 Å². The van der Waals surface area contributed by atoms with Crippen LogP contribution in [-0.2, 0) is 6.42 Å². The lowest BCUT2D eigenvalue weighted by Gasteiger charge is -2.20. The molecule has 0 bridgehead atoms. The first-order valence-corrected chi connectivity index (χ1v) is 5.72. The molecule has 0 aromatic heterocycles. The molecule has 0 saturated carbocycles. The fourth-order valence-corrected chi connectivity index (χ4v) is 1.73. The van der Waals surface area contributed by atoms with Gasteiger partial charge >= 0.3 is 0 Å². The Hall–Kier alpha value is -1.02. The van der Waals surface area contributed by atoms with Crippen LogP contribution in [0.25, 0.3) is 0 Å². The van der Waals surface area contributed by atoms with E-state index >= 15 is 0 Å². The highest BCUT2D eigenvalue weighted by Crippen LogP contribution is 2.27. The number of benzene rings is 1. The van der Waals surface area contributed by atoms with Crippen LogP contribution in [0.5, 0.6) is 5.75 Å². The SMILES string of the molecule is COc1cc(C(C)C)ccc1CC(C)(C)O. The normalized spacial score (nSPS) is 11.9. The van der Waals surface area contributed by atoms with Crippen LogP contribution in [0.15, 0.2) is 18.2 Å². The average molecular weight is 222 g/mol. The van der Waals surface area contributed by atoms with E-state index in [1.54, 1.807) is 7.11 Å². The minimum Gasteiger partial charge on any atom is -0.496 e. The van der Waals surface area contributed by atoms with Crippen molar-refractivity contribution in [3.05, 3.63) is 29.3 Å².